The summed E-state index contributed by atoms with van der Waals surface area (Å²) in [6.07, 6.45) is 6.41. The molecule has 1 aliphatic rings. The fourth-order valence-electron chi connectivity index (χ4n) is 4.01. The van der Waals surface area contributed by atoms with E-state index in [4.69, 9.17) is 4.98 Å². The van der Waals surface area contributed by atoms with Crippen LogP contribution in [-0.4, -0.2) is 29.8 Å². The van der Waals surface area contributed by atoms with Gasteiger partial charge in [-0.2, -0.15) is 4.68 Å². The van der Waals surface area contributed by atoms with Crippen molar-refractivity contribution in [1.82, 2.24) is 29.8 Å². The van der Waals surface area contributed by atoms with Crippen molar-refractivity contribution in [1.29, 1.82) is 0 Å². The first-order chi connectivity index (χ1) is 13.9. The zero-order chi connectivity index (χ0) is 18.8. The second kappa shape index (κ2) is 7.75. The monoisotopic (exact) mass is 390 g/mol. The van der Waals surface area contributed by atoms with Crippen molar-refractivity contribution >= 4 is 22.8 Å². The maximum Gasteiger partial charge on any atom is 0.169 e. The summed E-state index contributed by atoms with van der Waals surface area (Å²) in [5.41, 5.74) is 3.28. The van der Waals surface area contributed by atoms with Crippen molar-refractivity contribution in [3.63, 3.8) is 0 Å². The van der Waals surface area contributed by atoms with Crippen LogP contribution in [0, 0.1) is 0 Å². The standard InChI is InChI=1S/C21H22N6S/c1-3-9-16(10-4-1)26-19-14-8-7-13-18(19)22-21(26)28-15-20-23-24-25-27(20)17-11-5-2-6-12-17/h2,5-8,11-14,16H,1,3-4,9-10,15H2. The molecule has 28 heavy (non-hydrogen) atoms. The number of aromatic nitrogens is 6. The van der Waals surface area contributed by atoms with Crippen molar-refractivity contribution in [2.75, 3.05) is 0 Å². The van der Waals surface area contributed by atoms with E-state index in [1.165, 1.54) is 37.6 Å². The van der Waals surface area contributed by atoms with E-state index in [2.05, 4.69) is 44.4 Å². The van der Waals surface area contributed by atoms with E-state index in [0.717, 1.165) is 22.2 Å². The Balaban J connectivity index is 1.46. The third-order valence-electron chi connectivity index (χ3n) is 5.37. The minimum absolute atomic E-state index is 0.536. The molecule has 2 aromatic heterocycles. The molecule has 5 rings (SSSR count). The molecule has 0 saturated heterocycles. The normalized spacial score (nSPS) is 15.3. The van der Waals surface area contributed by atoms with Crippen molar-refractivity contribution in [3.05, 3.63) is 60.4 Å². The number of nitrogens with zero attached hydrogens (tertiary/aromatic N) is 6. The second-order valence-electron chi connectivity index (χ2n) is 7.18. The molecule has 0 N–H and O–H groups in total. The Hall–Kier alpha value is -2.67. The Morgan fingerprint density at radius 2 is 1.71 bits per heavy atom. The Labute approximate surface area is 168 Å². The van der Waals surface area contributed by atoms with Gasteiger partial charge in [0.25, 0.3) is 0 Å². The van der Waals surface area contributed by atoms with Crippen LogP contribution in [0.5, 0.6) is 0 Å². The number of hydrogen-bond acceptors (Lipinski definition) is 5. The van der Waals surface area contributed by atoms with Crippen LogP contribution < -0.4 is 0 Å². The highest BCUT2D eigenvalue weighted by Gasteiger charge is 2.22. The number of imidazole rings is 1. The maximum atomic E-state index is 4.94. The van der Waals surface area contributed by atoms with E-state index >= 15 is 0 Å². The molecule has 2 heterocycles. The summed E-state index contributed by atoms with van der Waals surface area (Å²) in [5.74, 6) is 1.51. The van der Waals surface area contributed by atoms with Crippen LogP contribution in [0.15, 0.2) is 59.8 Å². The van der Waals surface area contributed by atoms with E-state index in [1.807, 2.05) is 30.3 Å². The first kappa shape index (κ1) is 17.4. The zero-order valence-electron chi connectivity index (χ0n) is 15.6. The van der Waals surface area contributed by atoms with Gasteiger partial charge in [0.2, 0.25) is 0 Å². The molecule has 6 nitrogen and oxygen atoms in total. The molecule has 4 aromatic rings. The van der Waals surface area contributed by atoms with Gasteiger partial charge in [-0.1, -0.05) is 61.4 Å². The Kier molecular flexibility index (Phi) is 4.83. The number of tetrazole rings is 1. The lowest BCUT2D eigenvalue weighted by Gasteiger charge is -2.25. The molecular weight excluding hydrogens is 368 g/mol. The summed E-state index contributed by atoms with van der Waals surface area (Å²) in [6.45, 7) is 0. The maximum absolute atomic E-state index is 4.94. The van der Waals surface area contributed by atoms with Crippen LogP contribution in [0.25, 0.3) is 16.7 Å². The SMILES string of the molecule is c1ccc(-n2nnnc2CSc2nc3ccccc3n2C2CCCCC2)cc1. The average molecular weight is 391 g/mol. The highest BCUT2D eigenvalue weighted by molar-refractivity contribution is 7.98. The predicted octanol–water partition coefficient (Wildman–Crippen LogP) is 4.81. The first-order valence-corrected chi connectivity index (χ1v) is 10.8. The van der Waals surface area contributed by atoms with Crippen molar-refractivity contribution in [2.24, 2.45) is 0 Å². The molecule has 1 aliphatic carbocycles. The molecule has 2 aromatic carbocycles. The summed E-state index contributed by atoms with van der Waals surface area (Å²) in [7, 11) is 0. The largest absolute Gasteiger partial charge is 0.316 e. The minimum atomic E-state index is 0.536. The number of rotatable bonds is 5. The third-order valence-corrected chi connectivity index (χ3v) is 6.32. The molecule has 0 aliphatic heterocycles. The van der Waals surface area contributed by atoms with Gasteiger partial charge in [0.1, 0.15) is 0 Å². The predicted molar refractivity (Wildman–Crippen MR) is 111 cm³/mol. The third kappa shape index (κ3) is 3.30. The Morgan fingerprint density at radius 3 is 2.57 bits per heavy atom. The fraction of sp³-hybridized carbons (Fsp3) is 0.333. The number of fused-ring (bicyclic) bond motifs is 1. The molecule has 0 spiro atoms. The topological polar surface area (TPSA) is 61.4 Å². The van der Waals surface area contributed by atoms with E-state index in [1.54, 1.807) is 16.4 Å². The van der Waals surface area contributed by atoms with Gasteiger partial charge in [-0.15, -0.1) is 5.10 Å². The second-order valence-corrected chi connectivity index (χ2v) is 8.12. The Bertz CT molecular complexity index is 1060. The zero-order valence-corrected chi connectivity index (χ0v) is 16.4. The lowest BCUT2D eigenvalue weighted by molar-refractivity contribution is 0.343. The fourth-order valence-corrected chi connectivity index (χ4v) is 5.00. The summed E-state index contributed by atoms with van der Waals surface area (Å²) in [4.78, 5) is 4.94. The number of benzene rings is 2. The van der Waals surface area contributed by atoms with E-state index in [9.17, 15) is 0 Å². The molecule has 7 heteroatoms. The molecular formula is C21H22N6S. The average Bonchev–Trinajstić information content (AvgIpc) is 3.37. The van der Waals surface area contributed by atoms with Gasteiger partial charge in [-0.05, 0) is 47.5 Å². The smallest absolute Gasteiger partial charge is 0.169 e. The number of thioether (sulfide) groups is 1. The van der Waals surface area contributed by atoms with Crippen LogP contribution in [-0.2, 0) is 5.75 Å². The number of hydrogen-bond donors (Lipinski definition) is 0. The highest BCUT2D eigenvalue weighted by atomic mass is 32.2. The van der Waals surface area contributed by atoms with Crippen LogP contribution in [0.4, 0.5) is 0 Å². The van der Waals surface area contributed by atoms with Gasteiger partial charge in [-0.25, -0.2) is 4.98 Å². The summed E-state index contributed by atoms with van der Waals surface area (Å²) < 4.78 is 4.26. The van der Waals surface area contributed by atoms with Gasteiger partial charge in [0.05, 0.1) is 22.5 Å². The van der Waals surface area contributed by atoms with Crippen LogP contribution in [0.3, 0.4) is 0 Å². The highest BCUT2D eigenvalue weighted by Crippen LogP contribution is 2.36. The number of para-hydroxylation sites is 3. The van der Waals surface area contributed by atoms with Crippen molar-refractivity contribution < 1.29 is 0 Å². The molecule has 1 fully saturated rings. The van der Waals surface area contributed by atoms with Gasteiger partial charge in [0.15, 0.2) is 11.0 Å². The van der Waals surface area contributed by atoms with E-state index in [-0.39, 0.29) is 0 Å². The van der Waals surface area contributed by atoms with Gasteiger partial charge < -0.3 is 4.57 Å². The van der Waals surface area contributed by atoms with Gasteiger partial charge in [-0.3, -0.25) is 0 Å². The first-order valence-electron chi connectivity index (χ1n) is 9.82. The Morgan fingerprint density at radius 1 is 0.929 bits per heavy atom. The van der Waals surface area contributed by atoms with Gasteiger partial charge >= 0.3 is 0 Å². The molecule has 142 valence electrons. The molecule has 0 unspecified atom stereocenters. The minimum Gasteiger partial charge on any atom is -0.316 e. The summed E-state index contributed by atoms with van der Waals surface area (Å²) >= 11 is 1.72. The molecule has 1 saturated carbocycles. The van der Waals surface area contributed by atoms with Crippen LogP contribution in [0.1, 0.15) is 44.0 Å². The van der Waals surface area contributed by atoms with Crippen molar-refractivity contribution in [2.45, 2.75) is 49.1 Å². The van der Waals surface area contributed by atoms with Crippen LogP contribution >= 0.6 is 11.8 Å². The van der Waals surface area contributed by atoms with Crippen LogP contribution in [0.2, 0.25) is 0 Å². The molecule has 0 atom stereocenters. The van der Waals surface area contributed by atoms with Gasteiger partial charge in [0, 0.05) is 6.04 Å². The van der Waals surface area contributed by atoms with Crippen molar-refractivity contribution in [3.8, 4) is 5.69 Å². The lowest BCUT2D eigenvalue weighted by Crippen LogP contribution is -2.13. The van der Waals surface area contributed by atoms with E-state index < -0.39 is 0 Å². The van der Waals surface area contributed by atoms with E-state index in [0.29, 0.717) is 11.8 Å². The lowest BCUT2D eigenvalue weighted by atomic mass is 9.95. The summed E-state index contributed by atoms with van der Waals surface area (Å²) in [5, 5.41) is 13.4. The molecule has 0 amide bonds. The quantitative estimate of drug-likeness (QED) is 0.458. The molecule has 0 bridgehead atoms. The summed E-state index contributed by atoms with van der Waals surface area (Å²) in [6, 6.07) is 19.0. The molecule has 0 radical (unpaired) electrons.